The number of aromatic nitrogens is 1. The van der Waals surface area contributed by atoms with E-state index in [0.29, 0.717) is 12.3 Å². The van der Waals surface area contributed by atoms with Crippen LogP contribution in [0.5, 0.6) is 0 Å². The number of thioether (sulfide) groups is 1. The Morgan fingerprint density at radius 1 is 1.61 bits per heavy atom. The van der Waals surface area contributed by atoms with Gasteiger partial charge < -0.3 is 4.74 Å². The third-order valence-electron chi connectivity index (χ3n) is 2.04. The monoisotopic (exact) mass is 270 g/mol. The van der Waals surface area contributed by atoms with Gasteiger partial charge in [0.2, 0.25) is 6.54 Å². The van der Waals surface area contributed by atoms with Gasteiger partial charge in [0.25, 0.3) is 0 Å². The second-order valence-corrected chi connectivity index (χ2v) is 4.57. The molecule has 1 atom stereocenters. The largest absolute Gasteiger partial charge is 0.465 e. The van der Waals surface area contributed by atoms with Crippen LogP contribution in [0.1, 0.15) is 17.9 Å². The second kappa shape index (κ2) is 7.65. The molecule has 1 heterocycles. The van der Waals surface area contributed by atoms with Crippen molar-refractivity contribution in [3.63, 3.8) is 0 Å². The highest BCUT2D eigenvalue weighted by Gasteiger charge is 2.21. The number of hydrogen-bond donors (Lipinski definition) is 0. The summed E-state index contributed by atoms with van der Waals surface area (Å²) < 4.78 is 4.78. The van der Waals surface area contributed by atoms with Gasteiger partial charge in [-0.1, -0.05) is 6.07 Å². The molecule has 18 heavy (non-hydrogen) atoms. The summed E-state index contributed by atoms with van der Waals surface area (Å²) >= 11 is 1.17. The molecule has 0 aromatic carbocycles. The number of hydrogen-bond acceptors (Lipinski definition) is 6. The summed E-state index contributed by atoms with van der Waals surface area (Å²) in [6.07, 6.45) is 1.58. The van der Waals surface area contributed by atoms with Crippen molar-refractivity contribution in [1.82, 2.24) is 4.98 Å². The first kappa shape index (κ1) is 14.4. The molecule has 6 nitrogen and oxygen atoms in total. The lowest BCUT2D eigenvalue weighted by molar-refractivity contribution is -0.479. The molecule has 0 saturated carbocycles. The molecular weight excluding hydrogens is 256 g/mol. The minimum atomic E-state index is -0.439. The van der Waals surface area contributed by atoms with Gasteiger partial charge in [-0.15, -0.1) is 11.8 Å². The van der Waals surface area contributed by atoms with Gasteiger partial charge >= 0.3 is 5.97 Å². The molecule has 0 amide bonds. The van der Waals surface area contributed by atoms with Gasteiger partial charge in [-0.3, -0.25) is 19.9 Å². The van der Waals surface area contributed by atoms with Crippen molar-refractivity contribution in [3.05, 3.63) is 40.2 Å². The van der Waals surface area contributed by atoms with Crippen molar-refractivity contribution in [1.29, 1.82) is 0 Å². The third kappa shape index (κ3) is 5.13. The molecule has 7 heteroatoms. The van der Waals surface area contributed by atoms with Gasteiger partial charge in [-0.05, 0) is 19.1 Å². The molecule has 0 aliphatic carbocycles. The zero-order valence-corrected chi connectivity index (χ0v) is 10.8. The van der Waals surface area contributed by atoms with Crippen LogP contribution >= 0.6 is 11.8 Å². The third-order valence-corrected chi connectivity index (χ3v) is 3.24. The van der Waals surface area contributed by atoms with Crippen LogP contribution in [-0.4, -0.2) is 34.8 Å². The number of nitrogens with zero attached hydrogens (tertiary/aromatic N) is 2. The fourth-order valence-corrected chi connectivity index (χ4v) is 2.26. The molecule has 1 unspecified atom stereocenters. The molecule has 0 N–H and O–H groups in total. The summed E-state index contributed by atoms with van der Waals surface area (Å²) in [4.78, 5) is 25.5. The van der Waals surface area contributed by atoms with E-state index in [0.717, 1.165) is 0 Å². The molecule has 1 rings (SSSR count). The zero-order valence-electron chi connectivity index (χ0n) is 9.94. The quantitative estimate of drug-likeness (QED) is 0.426. The predicted molar refractivity (Wildman–Crippen MR) is 67.9 cm³/mol. The molecule has 0 bridgehead atoms. The number of nitro groups is 1. The minimum Gasteiger partial charge on any atom is -0.465 e. The topological polar surface area (TPSA) is 82.3 Å². The van der Waals surface area contributed by atoms with Gasteiger partial charge in [0.15, 0.2) is 0 Å². The normalized spacial score (nSPS) is 11.8. The lowest BCUT2D eigenvalue weighted by Gasteiger charge is -2.11. The van der Waals surface area contributed by atoms with Crippen molar-refractivity contribution in [2.45, 2.75) is 12.2 Å². The van der Waals surface area contributed by atoms with E-state index in [4.69, 9.17) is 4.74 Å². The highest BCUT2D eigenvalue weighted by molar-refractivity contribution is 8.00. The van der Waals surface area contributed by atoms with E-state index in [1.807, 2.05) is 0 Å². The van der Waals surface area contributed by atoms with E-state index in [1.165, 1.54) is 11.8 Å². The van der Waals surface area contributed by atoms with Crippen LogP contribution < -0.4 is 0 Å². The molecule has 1 aromatic heterocycles. The molecule has 98 valence electrons. The summed E-state index contributed by atoms with van der Waals surface area (Å²) in [6, 6.07) is 5.22. The lowest BCUT2D eigenvalue weighted by atomic mass is 10.3. The maximum Gasteiger partial charge on any atom is 0.315 e. The fraction of sp³-hybridized carbons (Fsp3) is 0.455. The zero-order chi connectivity index (χ0) is 13.4. The Hall–Kier alpha value is -1.63. The van der Waals surface area contributed by atoms with Gasteiger partial charge in [-0.2, -0.15) is 0 Å². The Balaban J connectivity index is 2.62. The molecule has 0 aliphatic heterocycles. The summed E-state index contributed by atoms with van der Waals surface area (Å²) in [5, 5.41) is 10.2. The smallest absolute Gasteiger partial charge is 0.315 e. The maximum absolute atomic E-state index is 11.2. The number of carbonyl (C=O) groups is 1. The van der Waals surface area contributed by atoms with E-state index in [1.54, 1.807) is 31.3 Å². The Morgan fingerprint density at radius 3 is 2.94 bits per heavy atom. The molecular formula is C11H14N2O4S. The number of ether oxygens (including phenoxy) is 1. The summed E-state index contributed by atoms with van der Waals surface area (Å²) in [7, 11) is 0. The Morgan fingerprint density at radius 2 is 2.39 bits per heavy atom. The predicted octanol–water partition coefficient (Wildman–Crippen LogP) is 1.70. The molecule has 0 radical (unpaired) electrons. The summed E-state index contributed by atoms with van der Waals surface area (Å²) in [6.45, 7) is 1.76. The van der Waals surface area contributed by atoms with Gasteiger partial charge in [0.1, 0.15) is 5.25 Å². The lowest BCUT2D eigenvalue weighted by Crippen LogP contribution is -2.14. The number of pyridine rings is 1. The van der Waals surface area contributed by atoms with Crippen LogP contribution in [0.2, 0.25) is 0 Å². The standard InChI is InChI=1S/C11H14N2O4S/c1-2-17-11(14)8-18-10(7-13(15)16)9-5-3-4-6-12-9/h3-6,10H,2,7-8H2,1H3. The van der Waals surface area contributed by atoms with E-state index in [-0.39, 0.29) is 18.3 Å². The van der Waals surface area contributed by atoms with E-state index in [2.05, 4.69) is 4.98 Å². The molecule has 0 spiro atoms. The maximum atomic E-state index is 11.2. The van der Waals surface area contributed by atoms with E-state index in [9.17, 15) is 14.9 Å². The van der Waals surface area contributed by atoms with Gasteiger partial charge in [-0.25, -0.2) is 0 Å². The van der Waals surface area contributed by atoms with Crippen LogP contribution in [0.15, 0.2) is 24.4 Å². The van der Waals surface area contributed by atoms with E-state index < -0.39 is 10.2 Å². The molecule has 1 aromatic rings. The van der Waals surface area contributed by atoms with Crippen molar-refractivity contribution in [2.75, 3.05) is 18.9 Å². The first-order valence-corrected chi connectivity index (χ1v) is 6.48. The van der Waals surface area contributed by atoms with Crippen molar-refractivity contribution in [2.24, 2.45) is 0 Å². The Labute approximate surface area is 109 Å². The van der Waals surface area contributed by atoms with Crippen LogP contribution in [-0.2, 0) is 9.53 Å². The SMILES string of the molecule is CCOC(=O)CSC(C[N+](=O)[O-])c1ccccn1. The van der Waals surface area contributed by atoms with Crippen molar-refractivity contribution < 1.29 is 14.5 Å². The number of rotatable bonds is 7. The van der Waals surface area contributed by atoms with Crippen molar-refractivity contribution in [3.8, 4) is 0 Å². The Bertz CT molecular complexity index is 399. The Kier molecular flexibility index (Phi) is 6.13. The van der Waals surface area contributed by atoms with Gasteiger partial charge in [0, 0.05) is 11.1 Å². The van der Waals surface area contributed by atoms with Crippen LogP contribution in [0.25, 0.3) is 0 Å². The average Bonchev–Trinajstić information content (AvgIpc) is 2.35. The van der Waals surface area contributed by atoms with Crippen LogP contribution in [0.3, 0.4) is 0 Å². The highest BCUT2D eigenvalue weighted by atomic mass is 32.2. The number of carbonyl (C=O) groups excluding carboxylic acids is 1. The minimum absolute atomic E-state index is 0.0862. The highest BCUT2D eigenvalue weighted by Crippen LogP contribution is 2.27. The fourth-order valence-electron chi connectivity index (χ4n) is 1.30. The second-order valence-electron chi connectivity index (χ2n) is 3.37. The van der Waals surface area contributed by atoms with Crippen LogP contribution in [0, 0.1) is 10.1 Å². The van der Waals surface area contributed by atoms with Crippen LogP contribution in [0.4, 0.5) is 0 Å². The molecule has 0 saturated heterocycles. The van der Waals surface area contributed by atoms with Crippen molar-refractivity contribution >= 4 is 17.7 Å². The first-order chi connectivity index (χ1) is 8.63. The molecule has 0 aliphatic rings. The summed E-state index contributed by atoms with van der Waals surface area (Å²) in [5.41, 5.74) is 0.600. The first-order valence-electron chi connectivity index (χ1n) is 5.43. The summed E-state index contributed by atoms with van der Waals surface area (Å²) in [5.74, 6) is -0.282. The van der Waals surface area contributed by atoms with E-state index >= 15 is 0 Å². The molecule has 0 fully saturated rings. The average molecular weight is 270 g/mol. The van der Waals surface area contributed by atoms with Gasteiger partial charge in [0.05, 0.1) is 18.1 Å². The number of esters is 1.